The third-order valence-corrected chi connectivity index (χ3v) is 16.9. The van der Waals surface area contributed by atoms with E-state index >= 15 is 0 Å². The number of anilines is 1. The highest BCUT2D eigenvalue weighted by atomic mass is 32.1. The summed E-state index contributed by atoms with van der Waals surface area (Å²) in [6.07, 6.45) is 11.3. The van der Waals surface area contributed by atoms with Crippen LogP contribution in [-0.4, -0.2) is 124 Å². The fourth-order valence-electron chi connectivity index (χ4n) is 12.1. The molecule has 7 unspecified atom stereocenters. The Kier molecular flexibility index (Phi) is 16.3. The maximum Gasteiger partial charge on any atom is 0.246 e. The van der Waals surface area contributed by atoms with Crippen molar-refractivity contribution in [3.63, 3.8) is 0 Å². The van der Waals surface area contributed by atoms with Gasteiger partial charge in [-0.2, -0.15) is 0 Å². The van der Waals surface area contributed by atoms with Gasteiger partial charge in [-0.15, -0.1) is 11.3 Å². The number of epoxide rings is 1. The minimum absolute atomic E-state index is 0.0705. The number of rotatable bonds is 23. The Hall–Kier alpha value is -4.70. The van der Waals surface area contributed by atoms with Crippen molar-refractivity contribution in [3.05, 3.63) is 106 Å². The van der Waals surface area contributed by atoms with E-state index in [-0.39, 0.29) is 42.5 Å². The number of hydrogen-bond acceptors (Lipinski definition) is 12. The fourth-order valence-corrected chi connectivity index (χ4v) is 13.0. The SMILES string of the molecule is C=C(NCc1ccc(-c2scnc2C)cc1)C1CCCN1C(=O)C(NC(=O)COCCOCCOCCOCCN(C)c1ccc(C2CC34OC3CCC4C3CCC4=CC(=O)CCC4=C23)cc1)C(C)(C)C. The lowest BCUT2D eigenvalue weighted by Crippen LogP contribution is -2.56. The van der Waals surface area contributed by atoms with Crippen LogP contribution in [0.15, 0.2) is 89.1 Å². The van der Waals surface area contributed by atoms with E-state index in [1.165, 1.54) is 34.4 Å². The summed E-state index contributed by atoms with van der Waals surface area (Å²) in [5, 5.41) is 6.43. The molecular weight excluding hydrogens is 915 g/mol. The summed E-state index contributed by atoms with van der Waals surface area (Å²) in [6, 6.07) is 16.7. The molecule has 4 fully saturated rings. The quantitative estimate of drug-likeness (QED) is 0.0698. The second kappa shape index (κ2) is 22.6. The molecule has 2 amide bonds. The van der Waals surface area contributed by atoms with Crippen molar-refractivity contribution in [3.8, 4) is 10.4 Å². The van der Waals surface area contributed by atoms with Crippen molar-refractivity contribution in [2.45, 2.75) is 122 Å². The average Bonchev–Trinajstić information content (AvgIpc) is 3.73. The van der Waals surface area contributed by atoms with Gasteiger partial charge in [0.1, 0.15) is 12.6 Å². The molecule has 13 nitrogen and oxygen atoms in total. The lowest BCUT2D eigenvalue weighted by Gasteiger charge is -2.46. The Morgan fingerprint density at radius 1 is 0.930 bits per heavy atom. The van der Waals surface area contributed by atoms with Crippen molar-refractivity contribution in [2.24, 2.45) is 17.3 Å². The normalized spacial score (nSPS) is 24.9. The zero-order valence-electron chi connectivity index (χ0n) is 42.6. The molecule has 1 aromatic heterocycles. The Bertz CT molecular complexity index is 2440. The van der Waals surface area contributed by atoms with Gasteiger partial charge >= 0.3 is 0 Å². The first-order valence-electron chi connectivity index (χ1n) is 26.1. The number of likely N-dealkylation sites (tertiary alicyclic amines) is 1. The van der Waals surface area contributed by atoms with E-state index in [2.05, 4.69) is 82.7 Å². The molecule has 0 bridgehead atoms. The van der Waals surface area contributed by atoms with Gasteiger partial charge in [0.15, 0.2) is 5.78 Å². The number of amides is 2. The summed E-state index contributed by atoms with van der Waals surface area (Å²) in [7, 11) is 2.10. The van der Waals surface area contributed by atoms with Gasteiger partial charge in [0.25, 0.3) is 0 Å². The molecule has 2 saturated carbocycles. The van der Waals surface area contributed by atoms with Crippen LogP contribution in [0.1, 0.15) is 101 Å². The van der Waals surface area contributed by atoms with Crippen LogP contribution in [0, 0.1) is 24.2 Å². The minimum Gasteiger partial charge on any atom is -0.383 e. The molecule has 4 aliphatic carbocycles. The molecule has 2 saturated heterocycles. The smallest absolute Gasteiger partial charge is 0.246 e. The summed E-state index contributed by atoms with van der Waals surface area (Å²) in [5.41, 5.74) is 12.5. The van der Waals surface area contributed by atoms with Crippen LogP contribution >= 0.6 is 11.3 Å². The third kappa shape index (κ3) is 11.7. The predicted molar refractivity (Wildman–Crippen MR) is 277 cm³/mol. The van der Waals surface area contributed by atoms with Crippen molar-refractivity contribution in [1.82, 2.24) is 20.5 Å². The van der Waals surface area contributed by atoms with Crippen molar-refractivity contribution in [2.75, 3.05) is 77.9 Å². The molecule has 14 heteroatoms. The Balaban J connectivity index is 0.624. The number of ether oxygens (including phenoxy) is 5. The maximum absolute atomic E-state index is 14.0. The molecule has 1 spiro atoms. The molecule has 71 heavy (non-hydrogen) atoms. The number of ketones is 1. The highest BCUT2D eigenvalue weighted by Gasteiger charge is 2.70. The van der Waals surface area contributed by atoms with Crippen molar-refractivity contribution >= 4 is 34.6 Å². The largest absolute Gasteiger partial charge is 0.383 e. The third-order valence-electron chi connectivity index (χ3n) is 15.9. The van der Waals surface area contributed by atoms with E-state index < -0.39 is 11.5 Å². The molecule has 2 N–H and O–H groups in total. The minimum atomic E-state index is -0.721. The number of nitrogens with zero attached hydrogens (tertiary/aromatic N) is 3. The van der Waals surface area contributed by atoms with E-state index in [4.69, 9.17) is 23.7 Å². The van der Waals surface area contributed by atoms with E-state index in [9.17, 15) is 14.4 Å². The molecule has 3 heterocycles. The van der Waals surface area contributed by atoms with E-state index in [1.54, 1.807) is 16.9 Å². The molecule has 2 aromatic carbocycles. The maximum atomic E-state index is 14.0. The van der Waals surface area contributed by atoms with Gasteiger partial charge in [0.2, 0.25) is 11.8 Å². The summed E-state index contributed by atoms with van der Waals surface area (Å²) >= 11 is 1.64. The molecule has 7 atom stereocenters. The van der Waals surface area contributed by atoms with Gasteiger partial charge in [-0.1, -0.05) is 69.3 Å². The number of thiazole rings is 1. The number of allylic oxidation sites excluding steroid dienone is 4. The van der Waals surface area contributed by atoms with Crippen LogP contribution in [0.5, 0.6) is 0 Å². The van der Waals surface area contributed by atoms with Crippen molar-refractivity contribution in [1.29, 1.82) is 0 Å². The van der Waals surface area contributed by atoms with E-state index in [0.717, 1.165) is 73.3 Å². The molecule has 382 valence electrons. The first kappa shape index (κ1) is 51.2. The van der Waals surface area contributed by atoms with Crippen LogP contribution in [0.4, 0.5) is 5.69 Å². The lowest BCUT2D eigenvalue weighted by molar-refractivity contribution is -0.141. The Morgan fingerprint density at radius 2 is 1.65 bits per heavy atom. The van der Waals surface area contributed by atoms with Gasteiger partial charge in [-0.25, -0.2) is 4.98 Å². The molecule has 9 rings (SSSR count). The number of aryl methyl sites for hydroxylation is 1. The number of aromatic nitrogens is 1. The van der Waals surface area contributed by atoms with Gasteiger partial charge in [0.05, 0.1) is 80.1 Å². The van der Waals surface area contributed by atoms with Crippen molar-refractivity contribution < 1.29 is 38.1 Å². The molecule has 6 aliphatic rings. The van der Waals surface area contributed by atoms with Crippen LogP contribution in [0.2, 0.25) is 0 Å². The van der Waals surface area contributed by atoms with E-state index in [0.29, 0.717) is 83.0 Å². The zero-order chi connectivity index (χ0) is 49.7. The number of nitrogens with one attached hydrogen (secondary N) is 2. The first-order valence-corrected chi connectivity index (χ1v) is 27.0. The summed E-state index contributed by atoms with van der Waals surface area (Å²) in [4.78, 5) is 49.1. The zero-order valence-corrected chi connectivity index (χ0v) is 43.4. The fraction of sp³-hybridized carbons (Fsp3) is 0.579. The van der Waals surface area contributed by atoms with E-state index in [1.807, 2.05) is 44.2 Å². The molecular formula is C57H75N5O8S. The monoisotopic (exact) mass is 990 g/mol. The first-order chi connectivity index (χ1) is 34.3. The second-order valence-corrected chi connectivity index (χ2v) is 22.4. The molecule has 0 radical (unpaired) electrons. The number of benzene rings is 2. The lowest BCUT2D eigenvalue weighted by atomic mass is 9.58. The second-order valence-electron chi connectivity index (χ2n) is 21.5. The topological polar surface area (TPSA) is 144 Å². The molecule has 2 aliphatic heterocycles. The molecule has 3 aromatic rings. The number of likely N-dealkylation sites (N-methyl/N-ethyl adjacent to an activating group) is 1. The number of carbonyl (C=O) groups is 3. The number of carbonyl (C=O) groups excluding carboxylic acids is 3. The average molecular weight is 990 g/mol. The van der Waals surface area contributed by atoms with Crippen LogP contribution in [-0.2, 0) is 44.6 Å². The van der Waals surface area contributed by atoms with Crippen LogP contribution in [0.25, 0.3) is 10.4 Å². The number of hydrogen-bond donors (Lipinski definition) is 2. The standard InChI is InChI=1S/C57H75N5O8S/c1-37(58-34-39-9-11-41(12-10-39)53-38(2)59-36-71-53)49-8-7-23-62(49)55(65)54(56(3,4)5)60-51(64)35-69-31-30-68-29-28-67-27-26-66-25-24-61(6)43-16-13-40(14-17-43)47-33-57-48(21-22-50(57)70-57)46-19-15-42-32-44(63)18-20-45(42)52(46)47/h9-14,16-17,32,36,46-50,54,58H,1,7-8,15,18-31,33-35H2,2-6H3,(H,60,64). The highest BCUT2D eigenvalue weighted by molar-refractivity contribution is 7.13. The van der Waals surface area contributed by atoms with Gasteiger partial charge in [0, 0.05) is 50.4 Å². The summed E-state index contributed by atoms with van der Waals surface area (Å²) in [6.45, 7) is 17.0. The highest BCUT2D eigenvalue weighted by Crippen LogP contribution is 2.68. The Labute approximate surface area is 424 Å². The van der Waals surface area contributed by atoms with Gasteiger partial charge in [-0.05, 0) is 122 Å². The number of fused-ring (bicyclic) bond motifs is 3. The van der Waals surface area contributed by atoms with Crippen LogP contribution < -0.4 is 15.5 Å². The predicted octanol–water partition coefficient (Wildman–Crippen LogP) is 8.48. The summed E-state index contributed by atoms with van der Waals surface area (Å²) in [5.74, 6) is 1.39. The Morgan fingerprint density at radius 3 is 2.34 bits per heavy atom. The van der Waals surface area contributed by atoms with Gasteiger partial charge < -0.3 is 44.1 Å². The van der Waals surface area contributed by atoms with Gasteiger partial charge in [-0.3, -0.25) is 14.4 Å². The van der Waals surface area contributed by atoms with Crippen LogP contribution in [0.3, 0.4) is 0 Å². The summed E-state index contributed by atoms with van der Waals surface area (Å²) < 4.78 is 29.4.